The van der Waals surface area contributed by atoms with Gasteiger partial charge in [0.2, 0.25) is 5.91 Å². The molecule has 4 nitrogen and oxygen atoms in total. The van der Waals surface area contributed by atoms with Crippen molar-refractivity contribution in [2.45, 2.75) is 69.4 Å². The number of unbranched alkanes of at least 4 members (excludes halogenated alkanes) is 1. The molecule has 3 aromatic rings. The zero-order valence-corrected chi connectivity index (χ0v) is 21.5. The summed E-state index contributed by atoms with van der Waals surface area (Å²) < 4.78 is 0. The molecule has 4 heteroatoms. The van der Waals surface area contributed by atoms with Crippen molar-refractivity contribution in [3.63, 3.8) is 0 Å². The summed E-state index contributed by atoms with van der Waals surface area (Å²) in [6.07, 6.45) is 12.6. The summed E-state index contributed by atoms with van der Waals surface area (Å²) in [6.45, 7) is 3.06. The lowest BCUT2D eigenvalue weighted by Crippen LogP contribution is -2.59. The van der Waals surface area contributed by atoms with Gasteiger partial charge in [-0.2, -0.15) is 0 Å². The van der Waals surface area contributed by atoms with E-state index in [1.165, 1.54) is 41.4 Å². The van der Waals surface area contributed by atoms with Crippen molar-refractivity contribution in [1.82, 2.24) is 14.8 Å². The molecule has 1 aromatic heterocycles. The molecule has 0 saturated heterocycles. The highest BCUT2D eigenvalue weighted by molar-refractivity contribution is 5.93. The van der Waals surface area contributed by atoms with E-state index in [1.807, 2.05) is 36.4 Å². The van der Waals surface area contributed by atoms with Gasteiger partial charge in [-0.3, -0.25) is 4.79 Å². The molecule has 0 bridgehead atoms. The Kier molecular flexibility index (Phi) is 6.59. The zero-order valence-electron chi connectivity index (χ0n) is 21.5. The monoisotopic (exact) mass is 469 g/mol. The summed E-state index contributed by atoms with van der Waals surface area (Å²) in [5.74, 6) is 0.129. The molecular weight excluding hydrogens is 430 g/mol. The second-order valence-electron chi connectivity index (χ2n) is 10.8. The van der Waals surface area contributed by atoms with Gasteiger partial charge in [-0.1, -0.05) is 68.3 Å². The Morgan fingerprint density at radius 2 is 1.74 bits per heavy atom. The number of aromatic nitrogens is 1. The minimum atomic E-state index is -0.267. The second-order valence-corrected chi connectivity index (χ2v) is 10.8. The van der Waals surface area contributed by atoms with Gasteiger partial charge in [-0.25, -0.2) is 0 Å². The quantitative estimate of drug-likeness (QED) is 0.417. The van der Waals surface area contributed by atoms with Gasteiger partial charge in [0.25, 0.3) is 0 Å². The van der Waals surface area contributed by atoms with Crippen molar-refractivity contribution in [1.29, 1.82) is 0 Å². The van der Waals surface area contributed by atoms with Crippen LogP contribution in [0.25, 0.3) is 17.0 Å². The average molecular weight is 470 g/mol. The van der Waals surface area contributed by atoms with Crippen molar-refractivity contribution in [3.8, 4) is 0 Å². The fraction of sp³-hybridized carbons (Fsp3) is 0.452. The van der Waals surface area contributed by atoms with Crippen molar-refractivity contribution in [2.75, 3.05) is 20.6 Å². The highest BCUT2D eigenvalue weighted by Crippen LogP contribution is 2.52. The first-order valence-corrected chi connectivity index (χ1v) is 13.3. The SMILES string of the molecule is CCCCC1(N(C)C)CCC2(CC1)c1[nH]c3ccccc3c1CCN2C(=O)/C=C/c1ccccc1. The number of hydrogen-bond acceptors (Lipinski definition) is 2. The molecule has 0 atom stereocenters. The van der Waals surface area contributed by atoms with E-state index >= 15 is 0 Å². The maximum atomic E-state index is 13.8. The van der Waals surface area contributed by atoms with Gasteiger partial charge in [0.05, 0.1) is 5.54 Å². The van der Waals surface area contributed by atoms with E-state index in [0.29, 0.717) is 0 Å². The Labute approximate surface area is 210 Å². The van der Waals surface area contributed by atoms with E-state index in [4.69, 9.17) is 0 Å². The molecule has 1 aliphatic carbocycles. The number of fused-ring (bicyclic) bond motifs is 4. The first kappa shape index (κ1) is 23.9. The summed E-state index contributed by atoms with van der Waals surface area (Å²) in [4.78, 5) is 22.2. The van der Waals surface area contributed by atoms with E-state index < -0.39 is 0 Å². The van der Waals surface area contributed by atoms with Crippen molar-refractivity contribution in [3.05, 3.63) is 77.5 Å². The lowest BCUT2D eigenvalue weighted by Gasteiger charge is -2.55. The van der Waals surface area contributed by atoms with Gasteiger partial charge in [0.1, 0.15) is 0 Å². The van der Waals surface area contributed by atoms with Crippen LogP contribution < -0.4 is 0 Å². The molecule has 1 N–H and O–H groups in total. The van der Waals surface area contributed by atoms with Gasteiger partial charge in [0.15, 0.2) is 0 Å². The van der Waals surface area contributed by atoms with E-state index in [2.05, 4.69) is 60.1 Å². The third kappa shape index (κ3) is 4.23. The van der Waals surface area contributed by atoms with Crippen LogP contribution in [0.15, 0.2) is 60.7 Å². The highest BCUT2D eigenvalue weighted by atomic mass is 16.2. The van der Waals surface area contributed by atoms with Crippen molar-refractivity contribution < 1.29 is 4.79 Å². The molecular formula is C31H39N3O. The summed E-state index contributed by atoms with van der Waals surface area (Å²) in [5, 5.41) is 1.32. The van der Waals surface area contributed by atoms with E-state index in [1.54, 1.807) is 6.08 Å². The van der Waals surface area contributed by atoms with Crippen LogP contribution >= 0.6 is 0 Å². The van der Waals surface area contributed by atoms with Crippen LogP contribution in [0.2, 0.25) is 0 Å². The molecule has 1 saturated carbocycles. The number of para-hydroxylation sites is 1. The molecule has 35 heavy (non-hydrogen) atoms. The number of amides is 1. The number of carbonyl (C=O) groups excluding carboxylic acids is 1. The molecule has 2 heterocycles. The van der Waals surface area contributed by atoms with Gasteiger partial charge < -0.3 is 14.8 Å². The van der Waals surface area contributed by atoms with Crippen LogP contribution in [0.4, 0.5) is 0 Å². The molecule has 2 aliphatic rings. The maximum Gasteiger partial charge on any atom is 0.247 e. The molecule has 184 valence electrons. The van der Waals surface area contributed by atoms with E-state index in [9.17, 15) is 4.79 Å². The van der Waals surface area contributed by atoms with Crippen LogP contribution in [0.5, 0.6) is 0 Å². The number of hydrogen-bond donors (Lipinski definition) is 1. The fourth-order valence-electron chi connectivity index (χ4n) is 6.65. The van der Waals surface area contributed by atoms with Crippen LogP contribution in [-0.4, -0.2) is 46.9 Å². The molecule has 1 amide bonds. The van der Waals surface area contributed by atoms with Crippen molar-refractivity contribution >= 4 is 22.9 Å². The number of H-pyrrole nitrogens is 1. The molecule has 5 rings (SSSR count). The molecule has 0 unspecified atom stereocenters. The third-order valence-electron chi connectivity index (χ3n) is 8.82. The second kappa shape index (κ2) is 9.66. The van der Waals surface area contributed by atoms with Crippen molar-refractivity contribution in [2.24, 2.45) is 0 Å². The molecule has 1 fully saturated rings. The minimum Gasteiger partial charge on any atom is -0.356 e. The Bertz CT molecular complexity index is 1200. The Morgan fingerprint density at radius 1 is 1.03 bits per heavy atom. The normalized spacial score (nSPS) is 24.5. The number of nitrogens with one attached hydrogen (secondary N) is 1. The molecule has 1 spiro atoms. The Balaban J connectivity index is 1.53. The highest BCUT2D eigenvalue weighted by Gasteiger charge is 2.51. The number of carbonyl (C=O) groups is 1. The summed E-state index contributed by atoms with van der Waals surface area (Å²) in [5.41, 5.74) is 4.92. The predicted octanol–water partition coefficient (Wildman–Crippen LogP) is 6.53. The topological polar surface area (TPSA) is 39.3 Å². The van der Waals surface area contributed by atoms with E-state index in [-0.39, 0.29) is 17.0 Å². The fourth-order valence-corrected chi connectivity index (χ4v) is 6.65. The Morgan fingerprint density at radius 3 is 2.46 bits per heavy atom. The standard InChI is InChI=1S/C31H39N3O/c1-4-5-18-30(33(2)3)19-21-31(22-20-30)29-26(25-13-9-10-14-27(25)32-29)17-23-34(31)28(35)16-15-24-11-7-6-8-12-24/h6-16,32H,4-5,17-23H2,1-3H3/b16-15+. The summed E-state index contributed by atoms with van der Waals surface area (Å²) >= 11 is 0. The van der Waals surface area contributed by atoms with Gasteiger partial charge in [-0.05, 0) is 75.9 Å². The summed E-state index contributed by atoms with van der Waals surface area (Å²) in [6, 6.07) is 18.8. The van der Waals surface area contributed by atoms with Gasteiger partial charge in [0, 0.05) is 34.8 Å². The largest absolute Gasteiger partial charge is 0.356 e. The van der Waals surface area contributed by atoms with Crippen LogP contribution in [0, 0.1) is 0 Å². The average Bonchev–Trinajstić information content (AvgIpc) is 3.28. The van der Waals surface area contributed by atoms with Crippen LogP contribution in [0.1, 0.15) is 68.7 Å². The number of nitrogens with zero attached hydrogens (tertiary/aromatic N) is 2. The van der Waals surface area contributed by atoms with Gasteiger partial charge in [-0.15, -0.1) is 0 Å². The predicted molar refractivity (Wildman–Crippen MR) is 145 cm³/mol. The number of rotatable bonds is 6. The van der Waals surface area contributed by atoms with Crippen LogP contribution in [-0.2, 0) is 16.8 Å². The number of benzene rings is 2. The smallest absolute Gasteiger partial charge is 0.247 e. The summed E-state index contributed by atoms with van der Waals surface area (Å²) in [7, 11) is 4.49. The minimum absolute atomic E-state index is 0.129. The molecule has 1 aliphatic heterocycles. The molecule has 0 radical (unpaired) electrons. The number of aromatic amines is 1. The lowest BCUT2D eigenvalue weighted by molar-refractivity contribution is -0.137. The van der Waals surface area contributed by atoms with E-state index in [0.717, 1.165) is 44.2 Å². The first-order chi connectivity index (χ1) is 17.0. The lowest BCUT2D eigenvalue weighted by atomic mass is 9.66. The van der Waals surface area contributed by atoms with Gasteiger partial charge >= 0.3 is 0 Å². The molecule has 2 aromatic carbocycles. The maximum absolute atomic E-state index is 13.8. The Hall–Kier alpha value is -2.85. The van der Waals surface area contributed by atoms with Crippen LogP contribution in [0.3, 0.4) is 0 Å². The first-order valence-electron chi connectivity index (χ1n) is 13.3. The third-order valence-corrected chi connectivity index (χ3v) is 8.82. The zero-order chi connectivity index (χ0) is 24.5.